The molecule has 2 aromatic carbocycles. The third kappa shape index (κ3) is 6.10. The van der Waals surface area contributed by atoms with Gasteiger partial charge in [-0.2, -0.15) is 4.68 Å². The van der Waals surface area contributed by atoms with Gasteiger partial charge in [0.15, 0.2) is 5.78 Å². The fourth-order valence-electron chi connectivity index (χ4n) is 4.40. The van der Waals surface area contributed by atoms with Crippen LogP contribution in [0.5, 0.6) is 0 Å². The highest BCUT2D eigenvalue weighted by Crippen LogP contribution is 2.31. The number of amides is 2. The standard InChI is InChI=1S/C27H25ClN8O3/c1-16(37)17-6-9-20-22(13-17)32-25(38)5-3-2-4-21(27-29-14-23(20)33-27)31-26(39)11-7-18-12-19(28)8-10-24(18)36-15-30-34-35-36/h6-15,21H,2-5H2,1H3,(H,29,33)(H,31,39)(H,32,38)/b11-7+/t21-/m0/s1. The van der Waals surface area contributed by atoms with Gasteiger partial charge in [0.2, 0.25) is 11.8 Å². The van der Waals surface area contributed by atoms with E-state index in [4.69, 9.17) is 11.6 Å². The summed E-state index contributed by atoms with van der Waals surface area (Å²) in [4.78, 5) is 45.3. The summed E-state index contributed by atoms with van der Waals surface area (Å²) in [5.74, 6) is 0.0390. The third-order valence-corrected chi connectivity index (χ3v) is 6.61. The number of Topliss-reactive ketones (excluding diaryl/α,β-unsaturated/α-hetero) is 1. The molecule has 198 valence electrons. The molecule has 12 heteroatoms. The number of nitrogens with zero attached hydrogens (tertiary/aromatic N) is 5. The maximum Gasteiger partial charge on any atom is 0.244 e. The van der Waals surface area contributed by atoms with Crippen LogP contribution in [0.3, 0.4) is 0 Å². The van der Waals surface area contributed by atoms with Crippen molar-refractivity contribution in [1.82, 2.24) is 35.5 Å². The van der Waals surface area contributed by atoms with Crippen molar-refractivity contribution in [2.24, 2.45) is 0 Å². The number of imidazole rings is 1. The minimum absolute atomic E-state index is 0.0952. The Balaban J connectivity index is 1.40. The number of hydrogen-bond donors (Lipinski definition) is 3. The van der Waals surface area contributed by atoms with Crippen LogP contribution in [-0.4, -0.2) is 47.8 Å². The molecule has 2 bridgehead atoms. The van der Waals surface area contributed by atoms with Gasteiger partial charge in [-0.05, 0) is 60.5 Å². The van der Waals surface area contributed by atoms with Crippen LogP contribution in [0.1, 0.15) is 60.4 Å². The number of carbonyl (C=O) groups excluding carboxylic acids is 3. The zero-order chi connectivity index (χ0) is 27.4. The number of nitrogens with one attached hydrogen (secondary N) is 3. The molecule has 0 radical (unpaired) electrons. The number of rotatable bonds is 5. The zero-order valence-electron chi connectivity index (χ0n) is 21.0. The molecule has 4 aromatic rings. The number of aromatic amines is 1. The van der Waals surface area contributed by atoms with Crippen molar-refractivity contribution in [3.05, 3.63) is 77.0 Å². The largest absolute Gasteiger partial charge is 0.343 e. The molecule has 0 saturated carbocycles. The van der Waals surface area contributed by atoms with E-state index >= 15 is 0 Å². The number of carbonyl (C=O) groups is 3. The van der Waals surface area contributed by atoms with E-state index in [1.54, 1.807) is 48.7 Å². The van der Waals surface area contributed by atoms with Crippen molar-refractivity contribution >= 4 is 41.0 Å². The first-order valence-electron chi connectivity index (χ1n) is 12.4. The molecule has 11 nitrogen and oxygen atoms in total. The van der Waals surface area contributed by atoms with E-state index in [0.29, 0.717) is 70.3 Å². The molecule has 2 amide bonds. The highest BCUT2D eigenvalue weighted by molar-refractivity contribution is 6.30. The molecule has 0 spiro atoms. The van der Waals surface area contributed by atoms with Gasteiger partial charge in [0, 0.05) is 34.2 Å². The Hall–Kier alpha value is -4.64. The summed E-state index contributed by atoms with van der Waals surface area (Å²) in [6, 6.07) is 9.96. The van der Waals surface area contributed by atoms with Gasteiger partial charge >= 0.3 is 0 Å². The second kappa shape index (κ2) is 11.4. The second-order valence-electron chi connectivity index (χ2n) is 9.14. The molecular weight excluding hydrogens is 520 g/mol. The number of benzene rings is 2. The van der Waals surface area contributed by atoms with E-state index in [0.717, 1.165) is 0 Å². The van der Waals surface area contributed by atoms with E-state index in [2.05, 4.69) is 36.1 Å². The van der Waals surface area contributed by atoms with Crippen LogP contribution < -0.4 is 10.6 Å². The SMILES string of the molecule is CC(=O)c1ccc2c(c1)NC(=O)CCCC[C@H](NC(=O)/C=C/c1cc(Cl)ccc1-n1cnnn1)c1ncc-2[nH]1. The second-order valence-corrected chi connectivity index (χ2v) is 9.58. The summed E-state index contributed by atoms with van der Waals surface area (Å²) in [6.07, 6.45) is 8.41. The molecule has 0 saturated heterocycles. The lowest BCUT2D eigenvalue weighted by Gasteiger charge is -2.17. The van der Waals surface area contributed by atoms with Crippen LogP contribution in [0.4, 0.5) is 5.69 Å². The van der Waals surface area contributed by atoms with E-state index < -0.39 is 6.04 Å². The van der Waals surface area contributed by atoms with Gasteiger partial charge in [-0.25, -0.2) is 4.98 Å². The van der Waals surface area contributed by atoms with Crippen molar-refractivity contribution in [1.29, 1.82) is 0 Å². The average molecular weight is 545 g/mol. The maximum absolute atomic E-state index is 13.0. The maximum atomic E-state index is 13.0. The molecule has 39 heavy (non-hydrogen) atoms. The highest BCUT2D eigenvalue weighted by atomic mass is 35.5. The summed E-state index contributed by atoms with van der Waals surface area (Å²) >= 11 is 6.18. The lowest BCUT2D eigenvalue weighted by atomic mass is 10.0. The third-order valence-electron chi connectivity index (χ3n) is 6.38. The van der Waals surface area contributed by atoms with E-state index in [1.807, 2.05) is 0 Å². The topological polar surface area (TPSA) is 148 Å². The Morgan fingerprint density at radius 2 is 2.05 bits per heavy atom. The average Bonchev–Trinajstić information content (AvgIpc) is 3.62. The Labute approximate surface area is 228 Å². The first kappa shape index (κ1) is 26.0. The minimum atomic E-state index is -0.406. The molecule has 3 N–H and O–H groups in total. The van der Waals surface area contributed by atoms with Crippen LogP contribution in [0.25, 0.3) is 23.0 Å². The number of ketones is 1. The van der Waals surface area contributed by atoms with Crippen molar-refractivity contribution in [2.45, 2.75) is 38.6 Å². The van der Waals surface area contributed by atoms with Crippen molar-refractivity contribution in [3.8, 4) is 16.9 Å². The first-order valence-corrected chi connectivity index (χ1v) is 12.8. The number of fused-ring (bicyclic) bond motifs is 4. The summed E-state index contributed by atoms with van der Waals surface area (Å²) in [7, 11) is 0. The minimum Gasteiger partial charge on any atom is -0.343 e. The first-order chi connectivity index (χ1) is 18.9. The highest BCUT2D eigenvalue weighted by Gasteiger charge is 2.20. The zero-order valence-corrected chi connectivity index (χ0v) is 21.8. The van der Waals surface area contributed by atoms with Gasteiger partial charge in [0.25, 0.3) is 0 Å². The van der Waals surface area contributed by atoms with E-state index in [-0.39, 0.29) is 17.6 Å². The van der Waals surface area contributed by atoms with Gasteiger partial charge in [-0.1, -0.05) is 30.2 Å². The molecule has 2 aromatic heterocycles. The van der Waals surface area contributed by atoms with E-state index in [9.17, 15) is 14.4 Å². The number of aromatic nitrogens is 6. The van der Waals surface area contributed by atoms with Crippen LogP contribution in [0, 0.1) is 0 Å². The number of H-pyrrole nitrogens is 1. The molecule has 0 aliphatic carbocycles. The Bertz CT molecular complexity index is 1560. The predicted molar refractivity (Wildman–Crippen MR) is 145 cm³/mol. The number of hydrogen-bond acceptors (Lipinski definition) is 7. The molecule has 3 heterocycles. The smallest absolute Gasteiger partial charge is 0.244 e. The molecule has 5 rings (SSSR count). The van der Waals surface area contributed by atoms with Crippen LogP contribution in [0.2, 0.25) is 5.02 Å². The number of anilines is 1. The number of halogens is 1. The van der Waals surface area contributed by atoms with Crippen LogP contribution >= 0.6 is 11.6 Å². The van der Waals surface area contributed by atoms with Gasteiger partial charge < -0.3 is 15.6 Å². The molecule has 1 atom stereocenters. The molecule has 1 aliphatic heterocycles. The Morgan fingerprint density at radius 1 is 1.18 bits per heavy atom. The molecule has 1 aliphatic rings. The fraction of sp³-hybridized carbons (Fsp3) is 0.222. The van der Waals surface area contributed by atoms with Crippen molar-refractivity contribution in [3.63, 3.8) is 0 Å². The predicted octanol–water partition coefficient (Wildman–Crippen LogP) is 4.29. The number of tetrazole rings is 1. The quantitative estimate of drug-likeness (QED) is 0.251. The molecule has 0 fully saturated rings. The Kier molecular flexibility index (Phi) is 7.60. The summed E-state index contributed by atoms with van der Waals surface area (Å²) in [5.41, 5.74) is 3.73. The van der Waals surface area contributed by atoms with Crippen molar-refractivity contribution in [2.75, 3.05) is 5.32 Å². The summed E-state index contributed by atoms with van der Waals surface area (Å²) in [6.45, 7) is 1.48. The van der Waals surface area contributed by atoms with Gasteiger partial charge in [0.1, 0.15) is 12.2 Å². The van der Waals surface area contributed by atoms with Gasteiger partial charge in [-0.15, -0.1) is 5.10 Å². The normalized spacial score (nSPS) is 15.6. The molecular formula is C27H25ClN8O3. The molecule has 0 unspecified atom stereocenters. The van der Waals surface area contributed by atoms with E-state index in [1.165, 1.54) is 24.0 Å². The lowest BCUT2D eigenvalue weighted by Crippen LogP contribution is -2.28. The van der Waals surface area contributed by atoms with Crippen LogP contribution in [-0.2, 0) is 9.59 Å². The van der Waals surface area contributed by atoms with Gasteiger partial charge in [-0.3, -0.25) is 14.4 Å². The summed E-state index contributed by atoms with van der Waals surface area (Å²) < 4.78 is 1.48. The van der Waals surface area contributed by atoms with Gasteiger partial charge in [0.05, 0.1) is 29.3 Å². The fourth-order valence-corrected chi connectivity index (χ4v) is 4.58. The van der Waals surface area contributed by atoms with Crippen molar-refractivity contribution < 1.29 is 14.4 Å². The summed E-state index contributed by atoms with van der Waals surface area (Å²) in [5, 5.41) is 17.7. The monoisotopic (exact) mass is 544 g/mol. The van der Waals surface area contributed by atoms with Crippen LogP contribution in [0.15, 0.2) is 55.0 Å². The Morgan fingerprint density at radius 3 is 2.85 bits per heavy atom. The lowest BCUT2D eigenvalue weighted by molar-refractivity contribution is -0.118.